The largest absolute Gasteiger partial charge is 0.493 e. The molecule has 0 atom stereocenters. The van der Waals surface area contributed by atoms with E-state index in [4.69, 9.17) is 16.3 Å². The average Bonchev–Trinajstić information content (AvgIpc) is 3.37. The Morgan fingerprint density at radius 3 is 2.51 bits per heavy atom. The lowest BCUT2D eigenvalue weighted by Crippen LogP contribution is -2.32. The maximum atomic E-state index is 13.3. The van der Waals surface area contributed by atoms with Gasteiger partial charge in [0.05, 0.1) is 17.2 Å². The standard InChI is InChI=1S/C29H34ClN3O3S/c1-4-5-15-33(28(35)24-8-6-7-9-25(24)30)29-32-31-27(37-29)22-17-19(2)26(20(3)18-22)36-16-14-21-10-12-23(34)13-11-21/h6-9,17-18,21H,4-5,10-16H2,1-3H3. The molecule has 1 saturated carbocycles. The first-order valence-electron chi connectivity index (χ1n) is 13.0. The zero-order valence-electron chi connectivity index (χ0n) is 21.8. The Hall–Kier alpha value is -2.77. The Bertz CT molecular complexity index is 1230. The van der Waals surface area contributed by atoms with Crippen molar-refractivity contribution in [2.24, 2.45) is 5.92 Å². The monoisotopic (exact) mass is 539 g/mol. The molecule has 2 aromatic carbocycles. The normalized spacial score (nSPS) is 14.1. The zero-order chi connectivity index (χ0) is 26.4. The van der Waals surface area contributed by atoms with E-state index in [-0.39, 0.29) is 5.91 Å². The molecule has 1 amide bonds. The number of halogens is 1. The van der Waals surface area contributed by atoms with Crippen molar-refractivity contribution in [2.45, 2.75) is 65.7 Å². The van der Waals surface area contributed by atoms with Gasteiger partial charge < -0.3 is 4.74 Å². The second-order valence-corrected chi connectivity index (χ2v) is 11.1. The van der Waals surface area contributed by atoms with E-state index in [1.165, 1.54) is 11.3 Å². The number of carbonyl (C=O) groups is 2. The molecule has 0 aliphatic heterocycles. The molecule has 1 aliphatic carbocycles. The van der Waals surface area contributed by atoms with E-state index in [1.807, 2.05) is 26.0 Å². The van der Waals surface area contributed by atoms with E-state index in [2.05, 4.69) is 29.3 Å². The zero-order valence-corrected chi connectivity index (χ0v) is 23.3. The fraction of sp³-hybridized carbons (Fsp3) is 0.448. The Balaban J connectivity index is 1.48. The van der Waals surface area contributed by atoms with E-state index < -0.39 is 0 Å². The third-order valence-corrected chi connectivity index (χ3v) is 8.20. The lowest BCUT2D eigenvalue weighted by Gasteiger charge is -2.21. The summed E-state index contributed by atoms with van der Waals surface area (Å²) in [4.78, 5) is 26.5. The molecule has 1 aromatic heterocycles. The number of nitrogens with zero attached hydrogens (tertiary/aromatic N) is 3. The van der Waals surface area contributed by atoms with Crippen molar-refractivity contribution in [1.82, 2.24) is 10.2 Å². The topological polar surface area (TPSA) is 72.4 Å². The van der Waals surface area contributed by atoms with Crippen molar-refractivity contribution in [2.75, 3.05) is 18.1 Å². The molecule has 8 heteroatoms. The highest BCUT2D eigenvalue weighted by Crippen LogP contribution is 2.35. The molecule has 0 N–H and O–H groups in total. The fourth-order valence-corrected chi connectivity index (χ4v) is 5.81. The van der Waals surface area contributed by atoms with Crippen molar-refractivity contribution in [3.8, 4) is 16.3 Å². The molecule has 6 nitrogen and oxygen atoms in total. The summed E-state index contributed by atoms with van der Waals surface area (Å²) in [6.45, 7) is 7.38. The van der Waals surface area contributed by atoms with E-state index in [9.17, 15) is 9.59 Å². The average molecular weight is 540 g/mol. The maximum absolute atomic E-state index is 13.3. The molecular formula is C29H34ClN3O3S. The first-order chi connectivity index (χ1) is 17.9. The van der Waals surface area contributed by atoms with E-state index >= 15 is 0 Å². The Morgan fingerprint density at radius 2 is 1.84 bits per heavy atom. The summed E-state index contributed by atoms with van der Waals surface area (Å²) in [5, 5.41) is 10.6. The van der Waals surface area contributed by atoms with Crippen LogP contribution in [-0.2, 0) is 4.79 Å². The van der Waals surface area contributed by atoms with Gasteiger partial charge in [-0.25, -0.2) is 0 Å². The van der Waals surface area contributed by atoms with Gasteiger partial charge in [0.15, 0.2) is 0 Å². The van der Waals surface area contributed by atoms with E-state index in [1.54, 1.807) is 17.0 Å². The van der Waals surface area contributed by atoms with Crippen LogP contribution in [0.2, 0.25) is 5.02 Å². The molecule has 0 spiro atoms. The molecule has 0 bridgehead atoms. The number of carbonyl (C=O) groups excluding carboxylic acids is 2. The molecule has 196 valence electrons. The van der Waals surface area contributed by atoms with Gasteiger partial charge in [-0.3, -0.25) is 14.5 Å². The van der Waals surface area contributed by atoms with Gasteiger partial charge in [-0.2, -0.15) is 0 Å². The van der Waals surface area contributed by atoms with Gasteiger partial charge in [0, 0.05) is 24.9 Å². The summed E-state index contributed by atoms with van der Waals surface area (Å²) in [5.41, 5.74) is 3.50. The van der Waals surface area contributed by atoms with Crippen LogP contribution in [0.3, 0.4) is 0 Å². The Labute approximate surface area is 228 Å². The molecule has 1 fully saturated rings. The summed E-state index contributed by atoms with van der Waals surface area (Å²) in [7, 11) is 0. The lowest BCUT2D eigenvalue weighted by molar-refractivity contribution is -0.121. The van der Waals surface area contributed by atoms with Crippen LogP contribution in [0.4, 0.5) is 5.13 Å². The van der Waals surface area contributed by atoms with Crippen LogP contribution in [0.5, 0.6) is 5.75 Å². The predicted octanol–water partition coefficient (Wildman–Crippen LogP) is 7.45. The van der Waals surface area contributed by atoms with Crippen LogP contribution in [0.15, 0.2) is 36.4 Å². The first kappa shape index (κ1) is 27.3. The third kappa shape index (κ3) is 6.76. The van der Waals surface area contributed by atoms with Crippen molar-refractivity contribution in [1.29, 1.82) is 0 Å². The Kier molecular flexibility index (Phi) is 9.33. The number of anilines is 1. The number of hydrogen-bond acceptors (Lipinski definition) is 6. The van der Waals surface area contributed by atoms with Crippen LogP contribution in [0, 0.1) is 19.8 Å². The number of aromatic nitrogens is 2. The molecule has 0 unspecified atom stereocenters. The number of ketones is 1. The Morgan fingerprint density at radius 1 is 1.14 bits per heavy atom. The minimum absolute atomic E-state index is 0.166. The van der Waals surface area contributed by atoms with E-state index in [0.29, 0.717) is 53.4 Å². The molecule has 0 radical (unpaired) electrons. The number of aryl methyl sites for hydroxylation is 2. The van der Waals surface area contributed by atoms with Crippen LogP contribution >= 0.6 is 22.9 Å². The number of ether oxygens (including phenoxy) is 1. The van der Waals surface area contributed by atoms with Crippen LogP contribution in [0.1, 0.15) is 73.4 Å². The second kappa shape index (κ2) is 12.7. The molecular weight excluding hydrogens is 506 g/mol. The van der Waals surface area contributed by atoms with Crippen LogP contribution in [0.25, 0.3) is 10.6 Å². The number of benzene rings is 2. The highest BCUT2D eigenvalue weighted by Gasteiger charge is 2.24. The molecule has 1 aliphatic rings. The maximum Gasteiger partial charge on any atom is 0.261 e. The van der Waals surface area contributed by atoms with Crippen LogP contribution in [-0.4, -0.2) is 35.0 Å². The summed E-state index contributed by atoms with van der Waals surface area (Å²) in [5.74, 6) is 1.70. The van der Waals surface area contributed by atoms with Gasteiger partial charge in [0.2, 0.25) is 5.13 Å². The van der Waals surface area contributed by atoms with Crippen molar-refractivity contribution >= 4 is 39.8 Å². The number of unbranched alkanes of at least 4 members (excludes halogenated alkanes) is 1. The number of Topliss-reactive ketones (excluding diaryl/α,β-unsaturated/α-hetero) is 1. The van der Waals surface area contributed by atoms with E-state index in [0.717, 1.165) is 59.6 Å². The summed E-state index contributed by atoms with van der Waals surface area (Å²) in [6, 6.07) is 11.2. The summed E-state index contributed by atoms with van der Waals surface area (Å²) >= 11 is 7.72. The van der Waals surface area contributed by atoms with Gasteiger partial charge in [-0.1, -0.05) is 48.4 Å². The SMILES string of the molecule is CCCCN(C(=O)c1ccccc1Cl)c1nnc(-c2cc(C)c(OCCC3CCC(=O)CC3)c(C)c2)s1. The molecule has 1 heterocycles. The van der Waals surface area contributed by atoms with Crippen LogP contribution < -0.4 is 9.64 Å². The second-order valence-electron chi connectivity index (χ2n) is 9.74. The first-order valence-corrected chi connectivity index (χ1v) is 14.2. The van der Waals surface area contributed by atoms with Gasteiger partial charge in [0.25, 0.3) is 5.91 Å². The highest BCUT2D eigenvalue weighted by molar-refractivity contribution is 7.18. The minimum Gasteiger partial charge on any atom is -0.493 e. The summed E-state index contributed by atoms with van der Waals surface area (Å²) < 4.78 is 6.18. The van der Waals surface area contributed by atoms with Gasteiger partial charge in [-0.05, 0) is 80.8 Å². The molecule has 37 heavy (non-hydrogen) atoms. The highest BCUT2D eigenvalue weighted by atomic mass is 35.5. The number of rotatable bonds is 10. The minimum atomic E-state index is -0.166. The number of hydrogen-bond donors (Lipinski definition) is 0. The van der Waals surface area contributed by atoms with Crippen molar-refractivity contribution in [3.05, 3.63) is 58.1 Å². The van der Waals surface area contributed by atoms with Gasteiger partial charge in [0.1, 0.15) is 16.5 Å². The third-order valence-electron chi connectivity index (χ3n) is 6.87. The number of amides is 1. The molecule has 4 rings (SSSR count). The van der Waals surface area contributed by atoms with Crippen molar-refractivity contribution < 1.29 is 14.3 Å². The predicted molar refractivity (Wildman–Crippen MR) is 150 cm³/mol. The molecule has 0 saturated heterocycles. The van der Waals surface area contributed by atoms with Gasteiger partial charge in [-0.15, -0.1) is 10.2 Å². The fourth-order valence-electron chi connectivity index (χ4n) is 4.74. The lowest BCUT2D eigenvalue weighted by atomic mass is 9.86. The smallest absolute Gasteiger partial charge is 0.261 e. The quantitative estimate of drug-likeness (QED) is 0.267. The molecule has 3 aromatic rings. The summed E-state index contributed by atoms with van der Waals surface area (Å²) in [6.07, 6.45) is 6.16. The van der Waals surface area contributed by atoms with Gasteiger partial charge >= 0.3 is 0 Å². The van der Waals surface area contributed by atoms with Crippen molar-refractivity contribution in [3.63, 3.8) is 0 Å².